The normalized spacial score (nSPS) is 10.0. The van der Waals surface area contributed by atoms with Crippen molar-refractivity contribution < 1.29 is 4.98 Å². The van der Waals surface area contributed by atoms with E-state index in [1.807, 2.05) is 30.3 Å². The summed E-state index contributed by atoms with van der Waals surface area (Å²) in [6.45, 7) is 0. The Morgan fingerprint density at radius 3 is 2.07 bits per heavy atom. The van der Waals surface area contributed by atoms with Crippen LogP contribution in [0, 0.1) is 0 Å². The molecule has 0 fully saturated rings. The summed E-state index contributed by atoms with van der Waals surface area (Å²) in [6.07, 6.45) is 0. The van der Waals surface area contributed by atoms with Crippen LogP contribution in [0.2, 0.25) is 0 Å². The second-order valence-electron chi connectivity index (χ2n) is 2.81. The lowest BCUT2D eigenvalue weighted by Gasteiger charge is -1.95. The van der Waals surface area contributed by atoms with Crippen molar-refractivity contribution >= 4 is 11.9 Å². The average molecular weight is 188 g/mol. The Hall–Kier alpha value is -2.17. The van der Waals surface area contributed by atoms with Crippen LogP contribution in [0.15, 0.2) is 30.3 Å². The molecule has 14 heavy (non-hydrogen) atoms. The number of aromatic nitrogens is 3. The van der Waals surface area contributed by atoms with Crippen molar-refractivity contribution in [3.8, 4) is 11.4 Å². The first-order valence-electron chi connectivity index (χ1n) is 4.13. The largest absolute Gasteiger partial charge is 0.320 e. The molecular weight excluding hydrogens is 178 g/mol. The van der Waals surface area contributed by atoms with E-state index in [1.54, 1.807) is 0 Å². The van der Waals surface area contributed by atoms with Crippen LogP contribution >= 0.6 is 0 Å². The molecule has 0 atom stereocenters. The van der Waals surface area contributed by atoms with E-state index >= 15 is 0 Å². The summed E-state index contributed by atoms with van der Waals surface area (Å²) in [5, 5.41) is 0. The molecule has 5 N–H and O–H groups in total. The van der Waals surface area contributed by atoms with Gasteiger partial charge in [-0.2, -0.15) is 0 Å². The van der Waals surface area contributed by atoms with Crippen molar-refractivity contribution in [2.24, 2.45) is 0 Å². The van der Waals surface area contributed by atoms with Gasteiger partial charge in [0.1, 0.15) is 0 Å². The van der Waals surface area contributed by atoms with E-state index in [9.17, 15) is 0 Å². The van der Waals surface area contributed by atoms with Gasteiger partial charge in [-0.25, -0.2) is 4.98 Å². The van der Waals surface area contributed by atoms with E-state index in [0.29, 0.717) is 5.82 Å². The molecule has 5 nitrogen and oxygen atoms in total. The van der Waals surface area contributed by atoms with E-state index in [4.69, 9.17) is 11.5 Å². The fourth-order valence-electron chi connectivity index (χ4n) is 1.16. The second kappa shape index (κ2) is 3.29. The monoisotopic (exact) mass is 188 g/mol. The smallest absolute Gasteiger partial charge is 0.318 e. The Bertz CT molecular complexity index is 420. The van der Waals surface area contributed by atoms with Crippen molar-refractivity contribution in [2.75, 3.05) is 11.5 Å². The minimum Gasteiger partial charge on any atom is -0.320 e. The molecule has 0 saturated heterocycles. The number of anilines is 2. The van der Waals surface area contributed by atoms with Crippen molar-refractivity contribution in [1.82, 2.24) is 9.97 Å². The van der Waals surface area contributed by atoms with Crippen LogP contribution in [0.1, 0.15) is 0 Å². The van der Waals surface area contributed by atoms with Crippen molar-refractivity contribution in [2.45, 2.75) is 0 Å². The highest BCUT2D eigenvalue weighted by atomic mass is 15.1. The first kappa shape index (κ1) is 8.43. The maximum absolute atomic E-state index is 5.51. The van der Waals surface area contributed by atoms with Gasteiger partial charge in [0.25, 0.3) is 5.82 Å². The van der Waals surface area contributed by atoms with E-state index in [1.165, 1.54) is 0 Å². The van der Waals surface area contributed by atoms with Gasteiger partial charge in [0.15, 0.2) is 0 Å². The molecule has 70 valence electrons. The Morgan fingerprint density at radius 2 is 1.50 bits per heavy atom. The third kappa shape index (κ3) is 1.61. The minimum atomic E-state index is 0.261. The van der Waals surface area contributed by atoms with Crippen LogP contribution in [0.4, 0.5) is 11.9 Å². The maximum Gasteiger partial charge on any atom is 0.318 e. The molecule has 0 saturated carbocycles. The standard InChI is InChI=1S/C9H9N5/c10-8-12-7(13-9(11)14-8)6-4-2-1-3-5-6/h1-5H,(H4,10,11,12,13,14)/p+1. The van der Waals surface area contributed by atoms with Gasteiger partial charge in [-0.05, 0) is 12.1 Å². The average Bonchev–Trinajstić information content (AvgIpc) is 2.18. The zero-order valence-electron chi connectivity index (χ0n) is 7.44. The highest BCUT2D eigenvalue weighted by molar-refractivity contribution is 5.55. The number of rotatable bonds is 1. The molecule has 0 bridgehead atoms. The molecule has 2 rings (SSSR count). The van der Waals surface area contributed by atoms with Gasteiger partial charge in [0, 0.05) is 5.56 Å². The lowest BCUT2D eigenvalue weighted by molar-refractivity contribution is -0.350. The summed E-state index contributed by atoms with van der Waals surface area (Å²) < 4.78 is 0. The Morgan fingerprint density at radius 1 is 0.929 bits per heavy atom. The number of aromatic amines is 1. The Balaban J connectivity index is 2.52. The molecule has 0 amide bonds. The number of nitrogens with one attached hydrogen (secondary N) is 1. The summed E-state index contributed by atoms with van der Waals surface area (Å²) in [7, 11) is 0. The van der Waals surface area contributed by atoms with Gasteiger partial charge in [-0.15, -0.1) is 0 Å². The number of hydrogen-bond acceptors (Lipinski definition) is 4. The van der Waals surface area contributed by atoms with Gasteiger partial charge in [-0.1, -0.05) is 28.2 Å². The van der Waals surface area contributed by atoms with E-state index in [2.05, 4.69) is 15.0 Å². The molecule has 0 unspecified atom stereocenters. The van der Waals surface area contributed by atoms with Gasteiger partial charge >= 0.3 is 11.9 Å². The summed E-state index contributed by atoms with van der Waals surface area (Å²) in [5.74, 6) is 1.05. The van der Waals surface area contributed by atoms with E-state index in [0.717, 1.165) is 5.56 Å². The molecule has 0 aliphatic heterocycles. The molecule has 1 aromatic heterocycles. The predicted octanol–water partition coefficient (Wildman–Crippen LogP) is 0.122. The van der Waals surface area contributed by atoms with Crippen LogP contribution in [0.25, 0.3) is 11.4 Å². The minimum absolute atomic E-state index is 0.261. The summed E-state index contributed by atoms with van der Waals surface area (Å²) in [5.41, 5.74) is 11.9. The maximum atomic E-state index is 5.51. The first-order valence-corrected chi connectivity index (χ1v) is 4.13. The third-order valence-electron chi connectivity index (χ3n) is 1.74. The topological polar surface area (TPSA) is 92.0 Å². The van der Waals surface area contributed by atoms with Crippen molar-refractivity contribution in [1.29, 1.82) is 0 Å². The molecule has 1 heterocycles. The summed E-state index contributed by atoms with van der Waals surface area (Å²) >= 11 is 0. The Labute approximate surface area is 80.8 Å². The second-order valence-corrected chi connectivity index (χ2v) is 2.81. The highest BCUT2D eigenvalue weighted by Crippen LogP contribution is 2.13. The zero-order chi connectivity index (χ0) is 9.97. The molecule has 5 heteroatoms. The van der Waals surface area contributed by atoms with Gasteiger partial charge in [0.05, 0.1) is 0 Å². The summed E-state index contributed by atoms with van der Waals surface area (Å²) in [4.78, 5) is 10.7. The van der Waals surface area contributed by atoms with Gasteiger partial charge in [0.2, 0.25) is 0 Å². The quantitative estimate of drug-likeness (QED) is 0.665. The fraction of sp³-hybridized carbons (Fsp3) is 0. The molecule has 0 spiro atoms. The Kier molecular flexibility index (Phi) is 1.98. The van der Waals surface area contributed by atoms with Crippen LogP contribution < -0.4 is 16.5 Å². The predicted molar refractivity (Wildman–Crippen MR) is 52.8 cm³/mol. The van der Waals surface area contributed by atoms with Crippen LogP contribution in [0.5, 0.6) is 0 Å². The third-order valence-corrected chi connectivity index (χ3v) is 1.74. The van der Waals surface area contributed by atoms with Gasteiger partial charge in [-0.3, -0.25) is 0 Å². The van der Waals surface area contributed by atoms with Crippen LogP contribution in [0.3, 0.4) is 0 Å². The number of hydrogen-bond donors (Lipinski definition) is 2. The number of nitrogen functional groups attached to an aromatic ring is 2. The van der Waals surface area contributed by atoms with E-state index < -0.39 is 0 Å². The molecule has 0 aliphatic rings. The van der Waals surface area contributed by atoms with Crippen molar-refractivity contribution in [3.05, 3.63) is 30.3 Å². The van der Waals surface area contributed by atoms with E-state index in [-0.39, 0.29) is 11.9 Å². The number of H-pyrrole nitrogens is 1. The molecule has 1 aromatic carbocycles. The first-order chi connectivity index (χ1) is 6.75. The number of benzene rings is 1. The lowest BCUT2D eigenvalue weighted by Crippen LogP contribution is -2.20. The molecular formula is C9H10N5+. The van der Waals surface area contributed by atoms with Crippen molar-refractivity contribution in [3.63, 3.8) is 0 Å². The van der Waals surface area contributed by atoms with Crippen LogP contribution in [-0.2, 0) is 0 Å². The van der Waals surface area contributed by atoms with Gasteiger partial charge < -0.3 is 11.5 Å². The highest BCUT2D eigenvalue weighted by Gasteiger charge is 2.09. The lowest BCUT2D eigenvalue weighted by atomic mass is 10.2. The molecule has 0 aliphatic carbocycles. The SMILES string of the molecule is Nc1nc(-c2ccccc2)nc(N)[nH+]1. The molecule has 0 radical (unpaired) electrons. The summed E-state index contributed by atoms with van der Waals surface area (Å²) in [6, 6.07) is 9.53. The fourth-order valence-corrected chi connectivity index (χ4v) is 1.16. The number of nitrogens with two attached hydrogens (primary N) is 2. The van der Waals surface area contributed by atoms with Crippen LogP contribution in [-0.4, -0.2) is 9.97 Å². The zero-order valence-corrected chi connectivity index (χ0v) is 7.44. The molecule has 2 aromatic rings. The number of nitrogens with zero attached hydrogens (tertiary/aromatic N) is 2.